The number of benzene rings is 7. The van der Waals surface area contributed by atoms with E-state index < -0.39 is 58.4 Å². The van der Waals surface area contributed by atoms with Crippen molar-refractivity contribution in [3.05, 3.63) is 144 Å². The van der Waals surface area contributed by atoms with E-state index in [-0.39, 0.29) is 125 Å². The Morgan fingerprint density at radius 3 is 1.02 bits per heavy atom. The summed E-state index contributed by atoms with van der Waals surface area (Å²) in [6.45, 7) is 7.10. The van der Waals surface area contributed by atoms with Gasteiger partial charge in [-0.2, -0.15) is 0 Å². The second-order valence-electron chi connectivity index (χ2n) is 24.9. The van der Waals surface area contributed by atoms with Crippen LogP contribution >= 0.6 is 0 Å². The van der Waals surface area contributed by atoms with Crippen molar-refractivity contribution in [1.82, 2.24) is 33.5 Å². The third kappa shape index (κ3) is 8.07. The highest BCUT2D eigenvalue weighted by Crippen LogP contribution is 2.46. The third-order valence-electron chi connectivity index (χ3n) is 19.5. The number of carbonyl (C=O) groups is 8. The number of pyridine rings is 2. The topological polar surface area (TPSA) is 218 Å². The summed E-state index contributed by atoms with van der Waals surface area (Å²) in [6, 6.07) is 20.4. The SMILES string of the molecule is CCCCCCCCN1C(=O)c2ccc3c4c(ccc(c24)C1=O)C(=O)N(c1c2nc4c5ccc6c7c(ccc(c(=O)n4c2cc2nc4c8ccc9c%10c(ccc(c(=O)n4c12)c%108)C(=O)N(CCCCCCCC)C9=O)c75)C(=O)N(CCCCCCCC)C6=O)C3=O. The molecule has 0 fully saturated rings. The van der Waals surface area contributed by atoms with Gasteiger partial charge in [0.2, 0.25) is 0 Å². The van der Waals surface area contributed by atoms with Crippen LogP contribution in [0.25, 0.3) is 87.2 Å². The highest BCUT2D eigenvalue weighted by Gasteiger charge is 2.44. The molecule has 8 amide bonds. The van der Waals surface area contributed by atoms with E-state index in [9.17, 15) is 28.8 Å². The number of fused-ring (bicyclic) bond motifs is 8. The molecule has 8 heterocycles. The fourth-order valence-electron chi connectivity index (χ4n) is 15.1. The molecule has 4 aromatic heterocycles. The zero-order valence-electron chi connectivity index (χ0n) is 50.5. The normalized spacial score (nSPS) is 15.1. The molecule has 90 heavy (non-hydrogen) atoms. The Balaban J connectivity index is 0.928. The van der Waals surface area contributed by atoms with Gasteiger partial charge in [0.15, 0.2) is 0 Å². The molecule has 0 saturated heterocycles. The van der Waals surface area contributed by atoms with Crippen molar-refractivity contribution in [2.24, 2.45) is 0 Å². The maximum absolute atomic E-state index is 15.9. The van der Waals surface area contributed by atoms with Crippen LogP contribution in [-0.2, 0) is 0 Å². The van der Waals surface area contributed by atoms with E-state index in [2.05, 4.69) is 20.8 Å². The summed E-state index contributed by atoms with van der Waals surface area (Å²) in [5, 5.41) is 2.69. The number of anilines is 1. The first kappa shape index (κ1) is 56.7. The fraction of sp³-hybridized carbons (Fsp3) is 0.333. The molecule has 0 aliphatic carbocycles. The van der Waals surface area contributed by atoms with Crippen LogP contribution < -0.4 is 16.0 Å². The molecule has 4 aliphatic rings. The van der Waals surface area contributed by atoms with E-state index in [0.29, 0.717) is 51.6 Å². The Kier molecular flexibility index (Phi) is 13.7. The Hall–Kier alpha value is -9.84. The third-order valence-corrected chi connectivity index (χ3v) is 19.5. The van der Waals surface area contributed by atoms with Crippen LogP contribution in [0.3, 0.4) is 0 Å². The Morgan fingerprint density at radius 1 is 0.322 bits per heavy atom. The largest absolute Gasteiger partial charge is 0.274 e. The number of imidazole rings is 2. The van der Waals surface area contributed by atoms with Gasteiger partial charge >= 0.3 is 0 Å². The van der Waals surface area contributed by atoms with Gasteiger partial charge in [0, 0.05) is 118 Å². The van der Waals surface area contributed by atoms with Crippen molar-refractivity contribution in [2.75, 3.05) is 24.5 Å². The number of unbranched alkanes of at least 4 members (excludes halogenated alkanes) is 15. The van der Waals surface area contributed by atoms with Crippen LogP contribution in [0, 0.1) is 0 Å². The van der Waals surface area contributed by atoms with E-state index in [1.165, 1.54) is 47.8 Å². The summed E-state index contributed by atoms with van der Waals surface area (Å²) in [5.41, 5.74) is 0.163. The maximum Gasteiger partial charge on any atom is 0.266 e. The number of nitrogens with zero attached hydrogens (tertiary/aromatic N) is 8. The minimum absolute atomic E-state index is 0.0128. The quantitative estimate of drug-likeness (QED) is 0.0457. The first-order valence-electron chi connectivity index (χ1n) is 32.2. The number of aromatic nitrogens is 4. The van der Waals surface area contributed by atoms with Crippen LogP contribution in [0.5, 0.6) is 0 Å². The van der Waals surface area contributed by atoms with Crippen molar-refractivity contribution < 1.29 is 38.4 Å². The summed E-state index contributed by atoms with van der Waals surface area (Å²) < 4.78 is 2.66. The molecule has 0 spiro atoms. The number of rotatable bonds is 22. The zero-order chi connectivity index (χ0) is 62.1. The summed E-state index contributed by atoms with van der Waals surface area (Å²) >= 11 is 0. The lowest BCUT2D eigenvalue weighted by atomic mass is 9.85. The van der Waals surface area contributed by atoms with Gasteiger partial charge < -0.3 is 0 Å². The molecule has 0 atom stereocenters. The van der Waals surface area contributed by atoms with Crippen molar-refractivity contribution in [3.63, 3.8) is 0 Å². The van der Waals surface area contributed by atoms with E-state index in [4.69, 9.17) is 9.97 Å². The zero-order valence-corrected chi connectivity index (χ0v) is 50.5. The van der Waals surface area contributed by atoms with Gasteiger partial charge in [-0.1, -0.05) is 117 Å². The molecular weight excluding hydrogens is 1140 g/mol. The lowest BCUT2D eigenvalue weighted by molar-refractivity contribution is 0.0592. The number of carbonyl (C=O) groups excluding carboxylic acids is 8. The number of hydrogen-bond donors (Lipinski definition) is 0. The Morgan fingerprint density at radius 2 is 0.633 bits per heavy atom. The average molecular weight is 1200 g/mol. The second-order valence-corrected chi connectivity index (χ2v) is 24.9. The monoisotopic (exact) mass is 1200 g/mol. The fourth-order valence-corrected chi connectivity index (χ4v) is 15.1. The minimum atomic E-state index is -0.874. The summed E-state index contributed by atoms with van der Waals surface area (Å²) in [5.74, 6) is -4.69. The standard InChI is InChI=1S/C72H64N8O10/c1-4-7-10-13-16-19-34-75-63(81)40-24-22-38-52-47(31-27-43(54(40)52)66(75)84)70(88)79-59-50(73-61(38)79)37-51-58(74-62-39-23-25-41-55-42(26-30-46(53(39)55)69(87)78(51)62)65(83)76(64(41)82)35-20-17-14-11-8-5-2)60(59)80-71(89)48-32-28-44-56-45(29-33-49(57(48)56)72(80)90)68(86)77(67(44)85)36-21-18-15-12-9-6-3/h22-33,37H,4-21,34-36H2,1-3H3. The molecule has 7 aromatic carbocycles. The van der Waals surface area contributed by atoms with Crippen molar-refractivity contribution in [1.29, 1.82) is 0 Å². The summed E-state index contributed by atoms with van der Waals surface area (Å²) in [4.78, 5) is 164. The molecule has 0 bridgehead atoms. The molecule has 0 unspecified atom stereocenters. The van der Waals surface area contributed by atoms with Crippen LogP contribution in [0.15, 0.2) is 88.5 Å². The number of amides is 8. The van der Waals surface area contributed by atoms with Gasteiger partial charge in [0.25, 0.3) is 58.4 Å². The lowest BCUT2D eigenvalue weighted by Crippen LogP contribution is -2.43. The van der Waals surface area contributed by atoms with Gasteiger partial charge in [-0.3, -0.25) is 71.4 Å². The number of imide groups is 4. The van der Waals surface area contributed by atoms with Crippen LogP contribution in [0.4, 0.5) is 5.69 Å². The predicted octanol–water partition coefficient (Wildman–Crippen LogP) is 13.3. The van der Waals surface area contributed by atoms with Crippen LogP contribution in [-0.4, -0.2) is 100 Å². The highest BCUT2D eigenvalue weighted by molar-refractivity contribution is 6.42. The lowest BCUT2D eigenvalue weighted by Gasteiger charge is -2.32. The molecule has 11 aromatic rings. The molecule has 18 heteroatoms. The molecule has 0 radical (unpaired) electrons. The average Bonchev–Trinajstić information content (AvgIpc) is 1.39. The molecule has 0 N–H and O–H groups in total. The van der Waals surface area contributed by atoms with Gasteiger partial charge in [-0.25, -0.2) is 14.9 Å². The molecule has 18 nitrogen and oxygen atoms in total. The smallest absolute Gasteiger partial charge is 0.266 e. The van der Waals surface area contributed by atoms with Crippen LogP contribution in [0.2, 0.25) is 0 Å². The van der Waals surface area contributed by atoms with Crippen LogP contribution in [0.1, 0.15) is 219 Å². The molecule has 452 valence electrons. The second kappa shape index (κ2) is 21.7. The molecule has 0 saturated carbocycles. The van der Waals surface area contributed by atoms with E-state index >= 15 is 19.2 Å². The van der Waals surface area contributed by atoms with E-state index in [1.807, 2.05) is 0 Å². The van der Waals surface area contributed by atoms with E-state index in [1.54, 1.807) is 54.6 Å². The maximum atomic E-state index is 15.9. The highest BCUT2D eigenvalue weighted by atomic mass is 16.2. The van der Waals surface area contributed by atoms with Gasteiger partial charge in [-0.15, -0.1) is 0 Å². The van der Waals surface area contributed by atoms with Gasteiger partial charge in [0.05, 0.1) is 11.0 Å². The molecular formula is C72H64N8O10. The summed E-state index contributed by atoms with van der Waals surface area (Å²) in [6.07, 6.45) is 17.2. The Bertz CT molecular complexity index is 4980. The van der Waals surface area contributed by atoms with Gasteiger partial charge in [0.1, 0.15) is 28.0 Å². The predicted molar refractivity (Wildman–Crippen MR) is 345 cm³/mol. The van der Waals surface area contributed by atoms with Crippen molar-refractivity contribution >= 4 is 140 Å². The van der Waals surface area contributed by atoms with E-state index in [0.717, 1.165) is 101 Å². The van der Waals surface area contributed by atoms with Crippen molar-refractivity contribution in [2.45, 2.75) is 136 Å². The first-order valence-corrected chi connectivity index (χ1v) is 32.2. The van der Waals surface area contributed by atoms with Gasteiger partial charge in [-0.05, 0) is 98.1 Å². The Labute approximate surface area is 514 Å². The minimum Gasteiger partial charge on any atom is -0.274 e. The van der Waals surface area contributed by atoms with Crippen molar-refractivity contribution in [3.8, 4) is 0 Å². The number of hydrogen-bond acceptors (Lipinski definition) is 12. The molecule has 4 aliphatic heterocycles. The summed E-state index contributed by atoms with van der Waals surface area (Å²) in [7, 11) is 0. The first-order chi connectivity index (χ1) is 43.8. The molecule has 15 rings (SSSR count).